The van der Waals surface area contributed by atoms with Crippen LogP contribution in [0.5, 0.6) is 0 Å². The molecule has 1 aliphatic heterocycles. The van der Waals surface area contributed by atoms with Crippen LogP contribution in [-0.4, -0.2) is 40.8 Å². The van der Waals surface area contributed by atoms with Crippen molar-refractivity contribution >= 4 is 11.8 Å². The molecule has 1 aromatic heterocycles. The molecule has 0 spiro atoms. The normalized spacial score (nSPS) is 18.4. The summed E-state index contributed by atoms with van der Waals surface area (Å²) in [6.07, 6.45) is 2.63. The van der Waals surface area contributed by atoms with Crippen molar-refractivity contribution in [1.29, 1.82) is 0 Å². The molecule has 6 heteroatoms. The van der Waals surface area contributed by atoms with Crippen LogP contribution in [0.3, 0.4) is 0 Å². The van der Waals surface area contributed by atoms with Gasteiger partial charge in [-0.2, -0.15) is 4.98 Å². The molecular formula is C13H21FN4O. The summed E-state index contributed by atoms with van der Waals surface area (Å²) >= 11 is 0. The van der Waals surface area contributed by atoms with Gasteiger partial charge in [-0.15, -0.1) is 0 Å². The van der Waals surface area contributed by atoms with Crippen LogP contribution in [0.2, 0.25) is 0 Å². The lowest BCUT2D eigenvalue weighted by Gasteiger charge is -2.34. The number of hydrogen-bond donors (Lipinski definition) is 2. The number of aliphatic hydroxyl groups is 1. The van der Waals surface area contributed by atoms with E-state index < -0.39 is 5.82 Å². The van der Waals surface area contributed by atoms with Crippen molar-refractivity contribution < 1.29 is 9.50 Å². The van der Waals surface area contributed by atoms with E-state index in [2.05, 4.69) is 15.3 Å². The molecule has 2 rings (SSSR count). The highest BCUT2D eigenvalue weighted by atomic mass is 19.1. The molecule has 19 heavy (non-hydrogen) atoms. The number of anilines is 2. The number of nitrogens with one attached hydrogen (secondary N) is 1. The summed E-state index contributed by atoms with van der Waals surface area (Å²) in [6, 6.07) is 0. The maximum atomic E-state index is 13.8. The van der Waals surface area contributed by atoms with Gasteiger partial charge in [0.2, 0.25) is 5.95 Å². The van der Waals surface area contributed by atoms with Gasteiger partial charge < -0.3 is 15.3 Å². The summed E-state index contributed by atoms with van der Waals surface area (Å²) in [7, 11) is 0. The Morgan fingerprint density at radius 1 is 1.53 bits per heavy atom. The van der Waals surface area contributed by atoms with Crippen LogP contribution in [0, 0.1) is 11.7 Å². The number of nitrogens with zero attached hydrogens (tertiary/aromatic N) is 3. The molecule has 106 valence electrons. The van der Waals surface area contributed by atoms with E-state index in [4.69, 9.17) is 0 Å². The number of halogens is 1. The van der Waals surface area contributed by atoms with E-state index in [1.807, 2.05) is 18.7 Å². The highest BCUT2D eigenvalue weighted by Gasteiger charge is 2.25. The Morgan fingerprint density at radius 2 is 2.21 bits per heavy atom. The van der Waals surface area contributed by atoms with Gasteiger partial charge in [0.1, 0.15) is 0 Å². The van der Waals surface area contributed by atoms with Gasteiger partial charge in [0.15, 0.2) is 11.6 Å². The second kappa shape index (κ2) is 6.14. The molecule has 0 aromatic carbocycles. The van der Waals surface area contributed by atoms with E-state index in [1.54, 1.807) is 0 Å². The lowest BCUT2D eigenvalue weighted by atomic mass is 9.92. The number of hydrogen-bond acceptors (Lipinski definition) is 5. The number of aliphatic hydroxyl groups excluding tert-OH is 1. The van der Waals surface area contributed by atoms with Gasteiger partial charge in [0.05, 0.1) is 12.3 Å². The minimum atomic E-state index is -0.392. The Balaban J connectivity index is 2.08. The fraction of sp³-hybridized carbons (Fsp3) is 0.692. The second-order valence-electron chi connectivity index (χ2n) is 4.96. The molecule has 5 nitrogen and oxygen atoms in total. The van der Waals surface area contributed by atoms with Crippen LogP contribution >= 0.6 is 0 Å². The first kappa shape index (κ1) is 14.0. The Kier molecular flexibility index (Phi) is 4.52. The summed E-state index contributed by atoms with van der Waals surface area (Å²) < 4.78 is 13.8. The molecular weight excluding hydrogens is 247 g/mol. The maximum Gasteiger partial charge on any atom is 0.224 e. The average molecular weight is 268 g/mol. The monoisotopic (exact) mass is 268 g/mol. The Bertz CT molecular complexity index is 419. The molecule has 0 aliphatic carbocycles. The van der Waals surface area contributed by atoms with Gasteiger partial charge in [-0.3, -0.25) is 0 Å². The first-order chi connectivity index (χ1) is 9.11. The molecule has 2 heterocycles. The highest BCUT2D eigenvalue weighted by molar-refractivity contribution is 5.44. The SMILES string of the molecule is CCNc1ncc(F)c(N2CCC(C(C)O)CC2)n1. The van der Waals surface area contributed by atoms with Crippen molar-refractivity contribution in [3.63, 3.8) is 0 Å². The summed E-state index contributed by atoms with van der Waals surface area (Å²) in [5.41, 5.74) is 0. The largest absolute Gasteiger partial charge is 0.393 e. The molecule has 0 saturated carbocycles. The molecule has 0 bridgehead atoms. The van der Waals surface area contributed by atoms with Crippen molar-refractivity contribution in [3.05, 3.63) is 12.0 Å². The fourth-order valence-electron chi connectivity index (χ4n) is 2.42. The molecule has 1 unspecified atom stereocenters. The van der Waals surface area contributed by atoms with E-state index in [9.17, 15) is 9.50 Å². The molecule has 1 aromatic rings. The van der Waals surface area contributed by atoms with Crippen LogP contribution < -0.4 is 10.2 Å². The zero-order valence-corrected chi connectivity index (χ0v) is 11.4. The van der Waals surface area contributed by atoms with E-state index in [-0.39, 0.29) is 6.10 Å². The van der Waals surface area contributed by atoms with Crippen molar-refractivity contribution in [2.24, 2.45) is 5.92 Å². The summed E-state index contributed by atoms with van der Waals surface area (Å²) in [6.45, 7) is 5.90. The van der Waals surface area contributed by atoms with Crippen LogP contribution in [0.4, 0.5) is 16.2 Å². The first-order valence-corrected chi connectivity index (χ1v) is 6.81. The van der Waals surface area contributed by atoms with Gasteiger partial charge in [0, 0.05) is 19.6 Å². The van der Waals surface area contributed by atoms with E-state index in [0.29, 0.717) is 24.2 Å². The van der Waals surface area contributed by atoms with E-state index in [0.717, 1.165) is 25.9 Å². The minimum absolute atomic E-state index is 0.297. The van der Waals surface area contributed by atoms with Gasteiger partial charge in [0.25, 0.3) is 0 Å². The minimum Gasteiger partial charge on any atom is -0.393 e. The van der Waals surface area contributed by atoms with Gasteiger partial charge in [-0.1, -0.05) is 0 Å². The average Bonchev–Trinajstić information content (AvgIpc) is 2.41. The molecule has 1 aliphatic rings. The van der Waals surface area contributed by atoms with Crippen molar-refractivity contribution in [2.45, 2.75) is 32.8 Å². The predicted molar refractivity (Wildman–Crippen MR) is 72.8 cm³/mol. The third kappa shape index (κ3) is 3.32. The van der Waals surface area contributed by atoms with Gasteiger partial charge in [-0.25, -0.2) is 9.37 Å². The number of rotatable bonds is 4. The molecule has 0 radical (unpaired) electrons. The Labute approximate surface area is 112 Å². The lowest BCUT2D eigenvalue weighted by molar-refractivity contribution is 0.109. The van der Waals surface area contributed by atoms with Crippen molar-refractivity contribution in [1.82, 2.24) is 9.97 Å². The number of aromatic nitrogens is 2. The number of piperidine rings is 1. The fourth-order valence-corrected chi connectivity index (χ4v) is 2.42. The second-order valence-corrected chi connectivity index (χ2v) is 4.96. The highest BCUT2D eigenvalue weighted by Crippen LogP contribution is 2.26. The zero-order valence-electron chi connectivity index (χ0n) is 11.4. The standard InChI is InChI=1S/C13H21FN4O/c1-3-15-13-16-8-11(14)12(17-13)18-6-4-10(5-7-18)9(2)19/h8-10,19H,3-7H2,1-2H3,(H,15,16,17). The van der Waals surface area contributed by atoms with Crippen LogP contribution in [0.1, 0.15) is 26.7 Å². The Hall–Kier alpha value is -1.43. The quantitative estimate of drug-likeness (QED) is 0.869. The molecule has 1 fully saturated rings. The molecule has 0 amide bonds. The van der Waals surface area contributed by atoms with Crippen LogP contribution in [0.25, 0.3) is 0 Å². The zero-order chi connectivity index (χ0) is 13.8. The third-order valence-corrected chi connectivity index (χ3v) is 3.58. The summed E-state index contributed by atoms with van der Waals surface area (Å²) in [5, 5.41) is 12.6. The van der Waals surface area contributed by atoms with Crippen molar-refractivity contribution in [3.8, 4) is 0 Å². The smallest absolute Gasteiger partial charge is 0.224 e. The van der Waals surface area contributed by atoms with Crippen LogP contribution in [0.15, 0.2) is 6.20 Å². The third-order valence-electron chi connectivity index (χ3n) is 3.58. The maximum absolute atomic E-state index is 13.8. The Morgan fingerprint density at radius 3 is 2.79 bits per heavy atom. The topological polar surface area (TPSA) is 61.3 Å². The summed E-state index contributed by atoms with van der Waals surface area (Å²) in [5.74, 6) is 0.720. The molecule has 2 N–H and O–H groups in total. The van der Waals surface area contributed by atoms with Gasteiger partial charge >= 0.3 is 0 Å². The van der Waals surface area contributed by atoms with E-state index >= 15 is 0 Å². The van der Waals surface area contributed by atoms with Crippen molar-refractivity contribution in [2.75, 3.05) is 29.9 Å². The summed E-state index contributed by atoms with van der Waals surface area (Å²) in [4.78, 5) is 10.1. The van der Waals surface area contributed by atoms with Crippen LogP contribution in [-0.2, 0) is 0 Å². The van der Waals surface area contributed by atoms with Gasteiger partial charge in [-0.05, 0) is 32.6 Å². The molecule has 1 saturated heterocycles. The lowest BCUT2D eigenvalue weighted by Crippen LogP contribution is -2.38. The molecule has 1 atom stereocenters. The first-order valence-electron chi connectivity index (χ1n) is 6.81. The van der Waals surface area contributed by atoms with E-state index in [1.165, 1.54) is 6.20 Å². The predicted octanol–water partition coefficient (Wildman–Crippen LogP) is 1.64.